The monoisotopic (exact) mass is 365 g/mol. The molecule has 0 saturated carbocycles. The van der Waals surface area contributed by atoms with Crippen molar-refractivity contribution in [2.24, 2.45) is 0 Å². The average molecular weight is 366 g/mol. The maximum atomic E-state index is 12.0. The van der Waals surface area contributed by atoms with Crippen LogP contribution in [-0.4, -0.2) is 17.0 Å². The molecule has 1 aromatic heterocycles. The molecular weight excluding hydrogens is 354 g/mol. The summed E-state index contributed by atoms with van der Waals surface area (Å²) in [5.74, 6) is -1.16. The van der Waals surface area contributed by atoms with Crippen molar-refractivity contribution in [3.63, 3.8) is 0 Å². The van der Waals surface area contributed by atoms with Gasteiger partial charge in [-0.3, -0.25) is 4.79 Å². The Bertz CT molecular complexity index is 676. The second-order valence-corrected chi connectivity index (χ2v) is 6.12. The van der Waals surface area contributed by atoms with Crippen LogP contribution in [0.3, 0.4) is 0 Å². The Balaban J connectivity index is 1.95. The van der Waals surface area contributed by atoms with Gasteiger partial charge in [0.25, 0.3) is 5.91 Å². The van der Waals surface area contributed by atoms with E-state index in [2.05, 4.69) is 21.2 Å². The van der Waals surface area contributed by atoms with Crippen molar-refractivity contribution >= 4 is 45.2 Å². The molecule has 0 spiro atoms. The van der Waals surface area contributed by atoms with Crippen molar-refractivity contribution in [3.8, 4) is 0 Å². The summed E-state index contributed by atoms with van der Waals surface area (Å²) in [5, 5.41) is 13.3. The minimum absolute atomic E-state index is 0.159. The van der Waals surface area contributed by atoms with Gasteiger partial charge in [0.1, 0.15) is 0 Å². The van der Waals surface area contributed by atoms with E-state index in [-0.39, 0.29) is 5.91 Å². The summed E-state index contributed by atoms with van der Waals surface area (Å²) in [6.07, 6.45) is 2.54. The van der Waals surface area contributed by atoms with Gasteiger partial charge in [0, 0.05) is 26.4 Å². The van der Waals surface area contributed by atoms with Crippen LogP contribution >= 0.6 is 27.3 Å². The lowest BCUT2D eigenvalue weighted by molar-refractivity contribution is -0.131. The number of hydrogen-bond acceptors (Lipinski definition) is 3. The summed E-state index contributed by atoms with van der Waals surface area (Å²) in [7, 11) is 0. The minimum Gasteiger partial charge on any atom is -0.478 e. The number of carbonyl (C=O) groups excluding carboxylic acids is 1. The molecule has 0 radical (unpaired) electrons. The molecule has 2 aromatic rings. The normalized spacial score (nSPS) is 10.7. The average Bonchev–Trinajstić information content (AvgIpc) is 2.89. The lowest BCUT2D eigenvalue weighted by Crippen LogP contribution is -2.22. The van der Waals surface area contributed by atoms with Crippen LogP contribution in [-0.2, 0) is 11.3 Å². The number of thiophene rings is 1. The highest BCUT2D eigenvalue weighted by molar-refractivity contribution is 9.10. The lowest BCUT2D eigenvalue weighted by Gasteiger charge is -2.04. The maximum Gasteiger partial charge on any atom is 0.328 e. The third-order valence-corrected chi connectivity index (χ3v) is 4.33. The van der Waals surface area contributed by atoms with E-state index in [0.29, 0.717) is 12.1 Å². The summed E-state index contributed by atoms with van der Waals surface area (Å²) in [6.45, 7) is 0.482. The number of nitrogens with one attached hydrogen (secondary N) is 1. The molecule has 0 bridgehead atoms. The smallest absolute Gasteiger partial charge is 0.328 e. The SMILES string of the molecule is O=C(O)C=Cc1ccc(C(=O)NCc2cc(Br)cs2)cc1. The molecule has 6 heteroatoms. The van der Waals surface area contributed by atoms with Gasteiger partial charge in [-0.05, 0) is 45.8 Å². The van der Waals surface area contributed by atoms with Gasteiger partial charge in [0.15, 0.2) is 0 Å². The van der Waals surface area contributed by atoms with E-state index in [1.165, 1.54) is 6.08 Å². The van der Waals surface area contributed by atoms with E-state index in [1.807, 2.05) is 11.4 Å². The van der Waals surface area contributed by atoms with Crippen LogP contribution in [0, 0.1) is 0 Å². The van der Waals surface area contributed by atoms with Crippen LogP contribution in [0.2, 0.25) is 0 Å². The molecular formula is C15H12BrNO3S. The first-order valence-electron chi connectivity index (χ1n) is 6.07. The Labute approximate surface area is 134 Å². The quantitative estimate of drug-likeness (QED) is 0.796. The third-order valence-electron chi connectivity index (χ3n) is 2.64. The van der Waals surface area contributed by atoms with E-state index in [9.17, 15) is 9.59 Å². The largest absolute Gasteiger partial charge is 0.478 e. The fourth-order valence-electron chi connectivity index (χ4n) is 1.63. The number of aliphatic carboxylic acids is 1. The Morgan fingerprint density at radius 1 is 1.29 bits per heavy atom. The summed E-state index contributed by atoms with van der Waals surface area (Å²) in [4.78, 5) is 23.5. The first-order valence-corrected chi connectivity index (χ1v) is 7.74. The van der Waals surface area contributed by atoms with E-state index in [1.54, 1.807) is 35.6 Å². The van der Waals surface area contributed by atoms with Crippen molar-refractivity contribution in [2.45, 2.75) is 6.54 Å². The van der Waals surface area contributed by atoms with Crippen molar-refractivity contribution < 1.29 is 14.7 Å². The van der Waals surface area contributed by atoms with Crippen LogP contribution in [0.25, 0.3) is 6.08 Å². The van der Waals surface area contributed by atoms with Crippen LogP contribution < -0.4 is 5.32 Å². The zero-order valence-corrected chi connectivity index (χ0v) is 13.3. The van der Waals surface area contributed by atoms with Gasteiger partial charge in [-0.2, -0.15) is 0 Å². The number of hydrogen-bond donors (Lipinski definition) is 2. The van der Waals surface area contributed by atoms with Gasteiger partial charge in [0.05, 0.1) is 6.54 Å². The standard InChI is InChI=1S/C15H12BrNO3S/c16-12-7-13(21-9-12)8-17-15(20)11-4-1-10(2-5-11)3-6-14(18)19/h1-7,9H,8H2,(H,17,20)(H,18,19). The highest BCUT2D eigenvalue weighted by Crippen LogP contribution is 2.19. The summed E-state index contributed by atoms with van der Waals surface area (Å²) >= 11 is 4.94. The van der Waals surface area contributed by atoms with Crippen molar-refractivity contribution in [2.75, 3.05) is 0 Å². The Morgan fingerprint density at radius 3 is 2.57 bits per heavy atom. The molecule has 1 heterocycles. The van der Waals surface area contributed by atoms with Gasteiger partial charge in [-0.1, -0.05) is 12.1 Å². The molecule has 0 aliphatic heterocycles. The zero-order chi connectivity index (χ0) is 15.2. The molecule has 0 aliphatic carbocycles. The number of carboxylic acid groups (broad SMARTS) is 1. The van der Waals surface area contributed by atoms with Crippen LogP contribution in [0.15, 0.2) is 46.3 Å². The van der Waals surface area contributed by atoms with Crippen LogP contribution in [0.1, 0.15) is 20.8 Å². The van der Waals surface area contributed by atoms with Gasteiger partial charge in [-0.25, -0.2) is 4.79 Å². The predicted octanol–water partition coefficient (Wildman–Crippen LogP) is 3.54. The molecule has 0 unspecified atom stereocenters. The molecule has 21 heavy (non-hydrogen) atoms. The third kappa shape index (κ3) is 4.84. The summed E-state index contributed by atoms with van der Waals surface area (Å²) in [6, 6.07) is 8.71. The minimum atomic E-state index is -1.00. The second-order valence-electron chi connectivity index (χ2n) is 4.21. The Kier molecular flexibility index (Phi) is 5.30. The fourth-order valence-corrected chi connectivity index (χ4v) is 3.02. The topological polar surface area (TPSA) is 66.4 Å². The second kappa shape index (κ2) is 7.19. The van der Waals surface area contributed by atoms with E-state index < -0.39 is 5.97 Å². The molecule has 0 aliphatic rings. The number of carboxylic acids is 1. The summed E-state index contributed by atoms with van der Waals surface area (Å²) in [5.41, 5.74) is 1.27. The molecule has 108 valence electrons. The Hall–Kier alpha value is -1.92. The van der Waals surface area contributed by atoms with E-state index in [0.717, 1.165) is 21.0 Å². The number of benzene rings is 1. The molecule has 0 fully saturated rings. The van der Waals surface area contributed by atoms with Crippen molar-refractivity contribution in [3.05, 3.63) is 62.3 Å². The van der Waals surface area contributed by atoms with Gasteiger partial charge < -0.3 is 10.4 Å². The molecule has 4 nitrogen and oxygen atoms in total. The lowest BCUT2D eigenvalue weighted by atomic mass is 10.1. The highest BCUT2D eigenvalue weighted by Gasteiger charge is 2.05. The molecule has 0 atom stereocenters. The molecule has 2 N–H and O–H groups in total. The van der Waals surface area contributed by atoms with Crippen molar-refractivity contribution in [1.29, 1.82) is 0 Å². The highest BCUT2D eigenvalue weighted by atomic mass is 79.9. The zero-order valence-electron chi connectivity index (χ0n) is 10.9. The molecule has 1 amide bonds. The predicted molar refractivity (Wildman–Crippen MR) is 86.3 cm³/mol. The number of rotatable bonds is 5. The van der Waals surface area contributed by atoms with Gasteiger partial charge in [0.2, 0.25) is 0 Å². The molecule has 2 rings (SSSR count). The molecule has 0 saturated heterocycles. The number of carbonyl (C=O) groups is 2. The summed E-state index contributed by atoms with van der Waals surface area (Å²) < 4.78 is 1.01. The van der Waals surface area contributed by atoms with Crippen molar-refractivity contribution in [1.82, 2.24) is 5.32 Å². The number of amides is 1. The molecule has 1 aromatic carbocycles. The maximum absolute atomic E-state index is 12.0. The number of halogens is 1. The first kappa shape index (κ1) is 15.5. The fraction of sp³-hybridized carbons (Fsp3) is 0.0667. The van der Waals surface area contributed by atoms with Gasteiger partial charge >= 0.3 is 5.97 Å². The van der Waals surface area contributed by atoms with Gasteiger partial charge in [-0.15, -0.1) is 11.3 Å². The Morgan fingerprint density at radius 2 is 2.00 bits per heavy atom. The first-order chi connectivity index (χ1) is 10.0. The van der Waals surface area contributed by atoms with Crippen LogP contribution in [0.4, 0.5) is 0 Å². The van der Waals surface area contributed by atoms with E-state index in [4.69, 9.17) is 5.11 Å². The van der Waals surface area contributed by atoms with Crippen LogP contribution in [0.5, 0.6) is 0 Å². The van der Waals surface area contributed by atoms with E-state index >= 15 is 0 Å².